The van der Waals surface area contributed by atoms with Gasteiger partial charge in [0.25, 0.3) is 0 Å². The van der Waals surface area contributed by atoms with Gasteiger partial charge in [0.2, 0.25) is 0 Å². The fourth-order valence-corrected chi connectivity index (χ4v) is 5.94. The summed E-state index contributed by atoms with van der Waals surface area (Å²) in [6, 6.07) is 11.7. The number of aromatic nitrogens is 2. The summed E-state index contributed by atoms with van der Waals surface area (Å²) in [5, 5.41) is 9.98. The van der Waals surface area contributed by atoms with Gasteiger partial charge in [-0.15, -0.1) is 0 Å². The number of benzene rings is 1. The van der Waals surface area contributed by atoms with Gasteiger partial charge in [0, 0.05) is 23.9 Å². The van der Waals surface area contributed by atoms with Crippen LogP contribution in [0.4, 0.5) is 0 Å². The predicted octanol–water partition coefficient (Wildman–Crippen LogP) is 10.4. The van der Waals surface area contributed by atoms with Gasteiger partial charge in [0.05, 0.1) is 11.5 Å². The van der Waals surface area contributed by atoms with E-state index in [1.54, 1.807) is 0 Å². The zero-order valence-electron chi connectivity index (χ0n) is 23.8. The Kier molecular flexibility index (Phi) is 13.2. The average Bonchev–Trinajstić information content (AvgIpc) is 2.95. The van der Waals surface area contributed by atoms with E-state index in [1.165, 1.54) is 101 Å². The smallest absolute Gasteiger partial charge is 0.131 e. The van der Waals surface area contributed by atoms with Gasteiger partial charge in [-0.2, -0.15) is 5.26 Å². The van der Waals surface area contributed by atoms with E-state index in [4.69, 9.17) is 9.97 Å². The van der Waals surface area contributed by atoms with E-state index in [0.717, 1.165) is 43.5 Å². The molecule has 1 aromatic carbocycles. The molecule has 1 aliphatic rings. The van der Waals surface area contributed by atoms with Crippen molar-refractivity contribution in [2.45, 2.75) is 142 Å². The highest BCUT2D eigenvalue weighted by Gasteiger charge is 2.36. The van der Waals surface area contributed by atoms with Crippen LogP contribution in [0.3, 0.4) is 0 Å². The maximum Gasteiger partial charge on any atom is 0.131 e. The second kappa shape index (κ2) is 16.6. The van der Waals surface area contributed by atoms with Crippen molar-refractivity contribution in [2.75, 3.05) is 0 Å². The van der Waals surface area contributed by atoms with Crippen molar-refractivity contribution in [3.05, 3.63) is 48.0 Å². The molecule has 0 aliphatic heterocycles. The summed E-state index contributed by atoms with van der Waals surface area (Å²) in [6.45, 7) is 4.54. The number of unbranched alkanes of at least 4 members (excludes halogenated alkanes) is 11. The Morgan fingerprint density at radius 2 is 1.27 bits per heavy atom. The van der Waals surface area contributed by atoms with Crippen LogP contribution < -0.4 is 0 Å². The van der Waals surface area contributed by atoms with E-state index in [9.17, 15) is 5.26 Å². The number of hydrogen-bond donors (Lipinski definition) is 0. The molecule has 2 aromatic rings. The third-order valence-corrected chi connectivity index (χ3v) is 8.58. The van der Waals surface area contributed by atoms with Crippen LogP contribution in [-0.2, 0) is 6.42 Å². The highest BCUT2D eigenvalue weighted by Crippen LogP contribution is 2.45. The Balaban J connectivity index is 1.41. The van der Waals surface area contributed by atoms with Gasteiger partial charge in [-0.3, -0.25) is 0 Å². The molecule has 0 bridgehead atoms. The molecule has 1 saturated carbocycles. The molecule has 0 N–H and O–H groups in total. The van der Waals surface area contributed by atoms with Crippen molar-refractivity contribution in [2.24, 2.45) is 5.41 Å². The molecular formula is C34H51N3. The summed E-state index contributed by atoms with van der Waals surface area (Å²) in [5.41, 5.74) is 3.60. The van der Waals surface area contributed by atoms with E-state index >= 15 is 0 Å². The molecular weight excluding hydrogens is 450 g/mol. The van der Waals surface area contributed by atoms with Crippen LogP contribution >= 0.6 is 0 Å². The molecule has 1 aliphatic carbocycles. The van der Waals surface area contributed by atoms with Crippen LogP contribution in [0, 0.1) is 16.7 Å². The largest absolute Gasteiger partial charge is 0.240 e. The fourth-order valence-electron chi connectivity index (χ4n) is 5.94. The van der Waals surface area contributed by atoms with Gasteiger partial charge in [0.1, 0.15) is 5.82 Å². The first-order valence-corrected chi connectivity index (χ1v) is 15.5. The first kappa shape index (κ1) is 29.3. The molecule has 202 valence electrons. The third kappa shape index (κ3) is 9.88. The summed E-state index contributed by atoms with van der Waals surface area (Å²) in [7, 11) is 0. The number of hydrogen-bond acceptors (Lipinski definition) is 3. The molecule has 1 fully saturated rings. The molecule has 0 unspecified atom stereocenters. The lowest BCUT2D eigenvalue weighted by atomic mass is 9.68. The second-order valence-electron chi connectivity index (χ2n) is 11.6. The maximum atomic E-state index is 9.98. The van der Waals surface area contributed by atoms with Gasteiger partial charge in [-0.05, 0) is 56.1 Å². The van der Waals surface area contributed by atoms with Crippen LogP contribution in [0.15, 0.2) is 36.7 Å². The molecule has 0 amide bonds. The number of nitriles is 1. The van der Waals surface area contributed by atoms with Crippen molar-refractivity contribution >= 4 is 0 Å². The Morgan fingerprint density at radius 3 is 1.84 bits per heavy atom. The van der Waals surface area contributed by atoms with Gasteiger partial charge in [-0.25, -0.2) is 9.97 Å². The Bertz CT molecular complexity index is 902. The van der Waals surface area contributed by atoms with Gasteiger partial charge in [-0.1, -0.05) is 115 Å². The van der Waals surface area contributed by atoms with Crippen molar-refractivity contribution < 1.29 is 0 Å². The minimum absolute atomic E-state index is 0.115. The second-order valence-corrected chi connectivity index (χ2v) is 11.6. The third-order valence-electron chi connectivity index (χ3n) is 8.58. The summed E-state index contributed by atoms with van der Waals surface area (Å²) >= 11 is 0. The highest BCUT2D eigenvalue weighted by molar-refractivity contribution is 5.61. The van der Waals surface area contributed by atoms with E-state index in [1.807, 2.05) is 12.4 Å². The molecule has 0 saturated heterocycles. The zero-order valence-corrected chi connectivity index (χ0v) is 23.8. The predicted molar refractivity (Wildman–Crippen MR) is 156 cm³/mol. The average molecular weight is 502 g/mol. The lowest BCUT2D eigenvalue weighted by molar-refractivity contribution is 0.219. The topological polar surface area (TPSA) is 49.6 Å². The van der Waals surface area contributed by atoms with Crippen molar-refractivity contribution in [1.29, 1.82) is 5.26 Å². The van der Waals surface area contributed by atoms with E-state index < -0.39 is 0 Å². The lowest BCUT2D eigenvalue weighted by Crippen LogP contribution is -2.26. The van der Waals surface area contributed by atoms with Crippen molar-refractivity contribution in [1.82, 2.24) is 9.97 Å². The highest BCUT2D eigenvalue weighted by atomic mass is 14.9. The Morgan fingerprint density at radius 1 is 0.730 bits per heavy atom. The van der Waals surface area contributed by atoms with Crippen LogP contribution in [0.1, 0.15) is 147 Å². The lowest BCUT2D eigenvalue weighted by Gasteiger charge is -2.34. The van der Waals surface area contributed by atoms with E-state index in [2.05, 4.69) is 44.2 Å². The summed E-state index contributed by atoms with van der Waals surface area (Å²) < 4.78 is 0. The Labute approximate surface area is 227 Å². The molecule has 1 aromatic heterocycles. The quantitative estimate of drug-likeness (QED) is 0.202. The molecule has 0 atom stereocenters. The molecule has 0 spiro atoms. The van der Waals surface area contributed by atoms with E-state index in [-0.39, 0.29) is 5.41 Å². The van der Waals surface area contributed by atoms with Gasteiger partial charge in [0.15, 0.2) is 0 Å². The minimum Gasteiger partial charge on any atom is -0.240 e. The van der Waals surface area contributed by atoms with E-state index in [0.29, 0.717) is 5.92 Å². The van der Waals surface area contributed by atoms with Gasteiger partial charge < -0.3 is 0 Å². The minimum atomic E-state index is -0.115. The number of aryl methyl sites for hydroxylation is 1. The van der Waals surface area contributed by atoms with Crippen molar-refractivity contribution in [3.63, 3.8) is 0 Å². The van der Waals surface area contributed by atoms with Crippen LogP contribution in [0.25, 0.3) is 11.1 Å². The molecule has 3 rings (SSSR count). The number of nitrogens with zero attached hydrogens (tertiary/aromatic N) is 3. The normalized spacial score (nSPS) is 19.5. The summed E-state index contributed by atoms with van der Waals surface area (Å²) in [6.07, 6.45) is 27.5. The zero-order chi connectivity index (χ0) is 26.2. The fraction of sp³-hybridized carbons (Fsp3) is 0.676. The maximum absolute atomic E-state index is 9.98. The summed E-state index contributed by atoms with van der Waals surface area (Å²) in [5.74, 6) is 1.36. The monoisotopic (exact) mass is 501 g/mol. The van der Waals surface area contributed by atoms with Crippen LogP contribution in [0.2, 0.25) is 0 Å². The Hall–Kier alpha value is -2.21. The molecule has 0 radical (unpaired) electrons. The SMILES string of the molecule is CCCCCCCCCC[C@]1(C#N)CC[C@H](c2ncc(-c3ccc(CCCCCCC)cc3)cn2)CC1. The van der Waals surface area contributed by atoms with Crippen molar-refractivity contribution in [3.8, 4) is 17.2 Å². The van der Waals surface area contributed by atoms with Crippen LogP contribution in [-0.4, -0.2) is 9.97 Å². The molecule has 3 heteroatoms. The summed E-state index contributed by atoms with van der Waals surface area (Å²) in [4.78, 5) is 9.55. The van der Waals surface area contributed by atoms with Crippen LogP contribution in [0.5, 0.6) is 0 Å². The first-order chi connectivity index (χ1) is 18.2. The molecule has 37 heavy (non-hydrogen) atoms. The number of rotatable bonds is 17. The first-order valence-electron chi connectivity index (χ1n) is 15.5. The molecule has 3 nitrogen and oxygen atoms in total. The molecule has 1 heterocycles. The standard InChI is InChI=1S/C34H51N3/c1-3-5-7-9-10-11-13-15-23-34(28-35)24-21-31(22-25-34)33-36-26-32(27-37-33)30-19-17-29(18-20-30)16-14-12-8-6-4-2/h17-20,26-27,31H,3-16,21-25H2,1-2H3/t31-,34-. The van der Waals surface area contributed by atoms with Gasteiger partial charge >= 0.3 is 0 Å².